The molecule has 29 heavy (non-hydrogen) atoms. The van der Waals surface area contributed by atoms with Crippen LogP contribution in [-0.2, 0) is 0 Å². The average Bonchev–Trinajstić information content (AvgIpc) is 3.28. The Morgan fingerprint density at radius 3 is 2.45 bits per heavy atom. The molecule has 3 aromatic rings. The number of rotatable bonds is 7. The lowest BCUT2D eigenvalue weighted by Crippen LogP contribution is -2.47. The zero-order chi connectivity index (χ0) is 20.1. The fourth-order valence-corrected chi connectivity index (χ4v) is 4.65. The molecule has 1 fully saturated rings. The van der Waals surface area contributed by atoms with E-state index in [1.165, 1.54) is 17.3 Å². The SMILES string of the molecule is Cc1ccccc1N1CCN(CCC(Oc2ccccc2F)c2cccs2)CC1. The maximum Gasteiger partial charge on any atom is 0.165 e. The summed E-state index contributed by atoms with van der Waals surface area (Å²) < 4.78 is 20.2. The van der Waals surface area contributed by atoms with Crippen LogP contribution in [0.5, 0.6) is 5.75 Å². The van der Waals surface area contributed by atoms with Gasteiger partial charge in [-0.2, -0.15) is 0 Å². The van der Waals surface area contributed by atoms with Crippen LogP contribution in [0.4, 0.5) is 10.1 Å². The maximum atomic E-state index is 14.1. The zero-order valence-corrected chi connectivity index (χ0v) is 17.6. The number of ether oxygens (including phenoxy) is 1. The van der Waals surface area contributed by atoms with E-state index in [0.717, 1.165) is 44.0 Å². The number of hydrogen-bond acceptors (Lipinski definition) is 4. The van der Waals surface area contributed by atoms with Gasteiger partial charge in [-0.25, -0.2) is 4.39 Å². The Kier molecular flexibility index (Phi) is 6.47. The fraction of sp³-hybridized carbons (Fsp3) is 0.333. The van der Waals surface area contributed by atoms with Crippen LogP contribution in [0.2, 0.25) is 0 Å². The van der Waals surface area contributed by atoms with E-state index < -0.39 is 0 Å². The third-order valence-electron chi connectivity index (χ3n) is 5.50. The second-order valence-corrected chi connectivity index (χ2v) is 8.44. The summed E-state index contributed by atoms with van der Waals surface area (Å²) >= 11 is 1.67. The van der Waals surface area contributed by atoms with Crippen LogP contribution < -0.4 is 9.64 Å². The summed E-state index contributed by atoms with van der Waals surface area (Å²) in [5, 5.41) is 2.05. The van der Waals surface area contributed by atoms with E-state index in [1.807, 2.05) is 17.5 Å². The summed E-state index contributed by atoms with van der Waals surface area (Å²) in [7, 11) is 0. The van der Waals surface area contributed by atoms with Crippen molar-refractivity contribution in [1.82, 2.24) is 4.90 Å². The summed E-state index contributed by atoms with van der Waals surface area (Å²) in [6.07, 6.45) is 0.723. The van der Waals surface area contributed by atoms with Gasteiger partial charge in [0.15, 0.2) is 11.6 Å². The van der Waals surface area contributed by atoms with E-state index in [2.05, 4.69) is 47.1 Å². The average molecular weight is 411 g/mol. The van der Waals surface area contributed by atoms with Crippen molar-refractivity contribution < 1.29 is 9.13 Å². The van der Waals surface area contributed by atoms with Crippen LogP contribution in [0.3, 0.4) is 0 Å². The molecule has 0 spiro atoms. The third-order valence-corrected chi connectivity index (χ3v) is 6.47. The van der Waals surface area contributed by atoms with Crippen molar-refractivity contribution in [1.29, 1.82) is 0 Å². The van der Waals surface area contributed by atoms with E-state index in [4.69, 9.17) is 4.74 Å². The monoisotopic (exact) mass is 410 g/mol. The van der Waals surface area contributed by atoms with Gasteiger partial charge in [0, 0.05) is 49.7 Å². The number of halogens is 1. The van der Waals surface area contributed by atoms with Gasteiger partial charge in [-0.3, -0.25) is 4.90 Å². The van der Waals surface area contributed by atoms with Crippen molar-refractivity contribution >= 4 is 17.0 Å². The second kappa shape index (κ2) is 9.42. The summed E-state index contributed by atoms with van der Waals surface area (Å²) in [5.41, 5.74) is 2.67. The standard InChI is InChI=1S/C24H27FN2OS/c1-19-7-2-4-9-21(19)27-16-14-26(15-17-27)13-12-23(24-11-6-18-29-24)28-22-10-5-3-8-20(22)25/h2-11,18,23H,12-17H2,1H3. The fourth-order valence-electron chi connectivity index (χ4n) is 3.86. The Bertz CT molecular complexity index is 907. The molecule has 4 rings (SSSR count). The van der Waals surface area contributed by atoms with Gasteiger partial charge in [-0.05, 0) is 42.1 Å². The molecule has 0 bridgehead atoms. The molecule has 0 amide bonds. The highest BCUT2D eigenvalue weighted by molar-refractivity contribution is 7.10. The molecule has 1 saturated heterocycles. The maximum absolute atomic E-state index is 14.1. The lowest BCUT2D eigenvalue weighted by molar-refractivity contribution is 0.157. The highest BCUT2D eigenvalue weighted by Crippen LogP contribution is 2.30. The number of hydrogen-bond donors (Lipinski definition) is 0. The van der Waals surface area contributed by atoms with Crippen LogP contribution in [0.1, 0.15) is 23.0 Å². The molecule has 0 N–H and O–H groups in total. The first-order valence-electron chi connectivity index (χ1n) is 10.2. The highest BCUT2D eigenvalue weighted by atomic mass is 32.1. The van der Waals surface area contributed by atoms with Gasteiger partial charge in [0.05, 0.1) is 0 Å². The topological polar surface area (TPSA) is 15.7 Å². The largest absolute Gasteiger partial charge is 0.482 e. The molecule has 2 aromatic carbocycles. The number of piperazine rings is 1. The van der Waals surface area contributed by atoms with E-state index in [0.29, 0.717) is 5.75 Å². The predicted molar refractivity (Wildman–Crippen MR) is 119 cm³/mol. The first-order chi connectivity index (χ1) is 14.2. The lowest BCUT2D eigenvalue weighted by atomic mass is 10.1. The molecule has 2 heterocycles. The Morgan fingerprint density at radius 1 is 0.966 bits per heavy atom. The van der Waals surface area contributed by atoms with Crippen molar-refractivity contribution in [3.8, 4) is 5.75 Å². The molecule has 1 aromatic heterocycles. The smallest absolute Gasteiger partial charge is 0.165 e. The van der Waals surface area contributed by atoms with Crippen molar-refractivity contribution in [3.63, 3.8) is 0 Å². The van der Waals surface area contributed by atoms with Crippen LogP contribution in [0.25, 0.3) is 0 Å². The van der Waals surface area contributed by atoms with Gasteiger partial charge in [0.25, 0.3) is 0 Å². The number of anilines is 1. The molecule has 1 atom stereocenters. The molecule has 0 aliphatic carbocycles. The van der Waals surface area contributed by atoms with Crippen molar-refractivity contribution in [2.24, 2.45) is 0 Å². The van der Waals surface area contributed by atoms with Crippen LogP contribution in [0, 0.1) is 12.7 Å². The first-order valence-corrected chi connectivity index (χ1v) is 11.1. The van der Waals surface area contributed by atoms with Gasteiger partial charge < -0.3 is 9.64 Å². The number of benzene rings is 2. The molecule has 0 radical (unpaired) electrons. The normalized spacial score (nSPS) is 16.0. The molecule has 152 valence electrons. The number of aryl methyl sites for hydroxylation is 1. The van der Waals surface area contributed by atoms with E-state index in [-0.39, 0.29) is 11.9 Å². The molecule has 5 heteroatoms. The summed E-state index contributed by atoms with van der Waals surface area (Å²) in [4.78, 5) is 6.10. The second-order valence-electron chi connectivity index (χ2n) is 7.46. The predicted octanol–water partition coefficient (Wildman–Crippen LogP) is 5.53. The van der Waals surface area contributed by atoms with Gasteiger partial charge in [-0.1, -0.05) is 36.4 Å². The Morgan fingerprint density at radius 2 is 1.72 bits per heavy atom. The van der Waals surface area contributed by atoms with Crippen LogP contribution in [-0.4, -0.2) is 37.6 Å². The summed E-state index contributed by atoms with van der Waals surface area (Å²) in [5.74, 6) is 0.0242. The molecular weight excluding hydrogens is 383 g/mol. The van der Waals surface area contributed by atoms with Crippen molar-refractivity contribution in [2.75, 3.05) is 37.6 Å². The number of para-hydroxylation sites is 2. The summed E-state index contributed by atoms with van der Waals surface area (Å²) in [6.45, 7) is 7.24. The van der Waals surface area contributed by atoms with Crippen molar-refractivity contribution in [2.45, 2.75) is 19.4 Å². The number of thiophene rings is 1. The molecule has 1 aliphatic rings. The molecular formula is C24H27FN2OS. The van der Waals surface area contributed by atoms with Crippen LogP contribution in [0.15, 0.2) is 66.0 Å². The van der Waals surface area contributed by atoms with Gasteiger partial charge in [-0.15, -0.1) is 11.3 Å². The number of nitrogens with zero attached hydrogens (tertiary/aromatic N) is 2. The van der Waals surface area contributed by atoms with Gasteiger partial charge in [0.1, 0.15) is 6.10 Å². The summed E-state index contributed by atoms with van der Waals surface area (Å²) in [6, 6.07) is 19.3. The van der Waals surface area contributed by atoms with E-state index in [9.17, 15) is 4.39 Å². The Labute approximate surface area is 176 Å². The minimum absolute atomic E-state index is 0.124. The van der Waals surface area contributed by atoms with Crippen molar-refractivity contribution in [3.05, 3.63) is 82.3 Å². The molecule has 1 aliphatic heterocycles. The quantitative estimate of drug-likeness (QED) is 0.509. The van der Waals surface area contributed by atoms with Crippen LogP contribution >= 0.6 is 11.3 Å². The van der Waals surface area contributed by atoms with Gasteiger partial charge >= 0.3 is 0 Å². The van der Waals surface area contributed by atoms with E-state index >= 15 is 0 Å². The first kappa shape index (κ1) is 19.9. The zero-order valence-electron chi connectivity index (χ0n) is 16.8. The Balaban J connectivity index is 1.35. The van der Waals surface area contributed by atoms with E-state index in [1.54, 1.807) is 23.5 Å². The minimum Gasteiger partial charge on any atom is -0.482 e. The third kappa shape index (κ3) is 4.98. The minimum atomic E-state index is -0.305. The highest BCUT2D eigenvalue weighted by Gasteiger charge is 2.21. The molecule has 1 unspecified atom stereocenters. The molecule has 3 nitrogen and oxygen atoms in total. The Hall–Kier alpha value is -2.37. The van der Waals surface area contributed by atoms with Gasteiger partial charge in [0.2, 0.25) is 0 Å². The molecule has 0 saturated carbocycles. The lowest BCUT2D eigenvalue weighted by Gasteiger charge is -2.37.